The number of rotatable bonds is 3. The van der Waals surface area contributed by atoms with E-state index in [2.05, 4.69) is 11.8 Å². The maximum Gasteiger partial charge on any atom is 0.302 e. The molecule has 0 aromatic carbocycles. The van der Waals surface area contributed by atoms with E-state index in [1.165, 1.54) is 19.8 Å². The number of carbonyl (C=O) groups excluding carboxylic acids is 1. The van der Waals surface area contributed by atoms with Crippen LogP contribution >= 0.6 is 0 Å². The summed E-state index contributed by atoms with van der Waals surface area (Å²) in [5.41, 5.74) is 0. The molecule has 3 heteroatoms. The third-order valence-corrected chi connectivity index (χ3v) is 2.68. The second-order valence-electron chi connectivity index (χ2n) is 3.68. The van der Waals surface area contributed by atoms with Gasteiger partial charge in [-0.05, 0) is 38.4 Å². The number of carbonyl (C=O) groups is 1. The van der Waals surface area contributed by atoms with E-state index in [4.69, 9.17) is 4.74 Å². The van der Waals surface area contributed by atoms with Gasteiger partial charge in [0.15, 0.2) is 0 Å². The van der Waals surface area contributed by atoms with Crippen LogP contribution in [0.5, 0.6) is 0 Å². The van der Waals surface area contributed by atoms with Crippen molar-refractivity contribution >= 4 is 5.97 Å². The van der Waals surface area contributed by atoms with E-state index < -0.39 is 0 Å². The van der Waals surface area contributed by atoms with Crippen LogP contribution in [0.15, 0.2) is 0 Å². The van der Waals surface area contributed by atoms with Gasteiger partial charge in [0.25, 0.3) is 0 Å². The van der Waals surface area contributed by atoms with Crippen molar-refractivity contribution in [2.45, 2.75) is 26.7 Å². The van der Waals surface area contributed by atoms with Crippen LogP contribution in [0.3, 0.4) is 0 Å². The SMILES string of the molecule is CCN1CCC(COC(C)=O)CC1. The Bertz CT molecular complexity index is 162. The highest BCUT2D eigenvalue weighted by molar-refractivity contribution is 5.65. The molecule has 0 saturated carbocycles. The number of ether oxygens (including phenoxy) is 1. The van der Waals surface area contributed by atoms with Crippen molar-refractivity contribution in [1.82, 2.24) is 4.90 Å². The average molecular weight is 185 g/mol. The van der Waals surface area contributed by atoms with Crippen LogP contribution in [0.4, 0.5) is 0 Å². The lowest BCUT2D eigenvalue weighted by atomic mass is 9.98. The van der Waals surface area contributed by atoms with E-state index in [1.54, 1.807) is 0 Å². The van der Waals surface area contributed by atoms with Gasteiger partial charge in [-0.25, -0.2) is 0 Å². The lowest BCUT2D eigenvalue weighted by Gasteiger charge is -2.30. The maximum atomic E-state index is 10.6. The van der Waals surface area contributed by atoms with Crippen LogP contribution < -0.4 is 0 Å². The van der Waals surface area contributed by atoms with Gasteiger partial charge in [-0.15, -0.1) is 0 Å². The highest BCUT2D eigenvalue weighted by Crippen LogP contribution is 2.16. The summed E-state index contributed by atoms with van der Waals surface area (Å²) in [7, 11) is 0. The molecule has 0 aromatic heterocycles. The second kappa shape index (κ2) is 5.22. The molecule has 0 aliphatic carbocycles. The van der Waals surface area contributed by atoms with Crippen LogP contribution in [0.25, 0.3) is 0 Å². The van der Waals surface area contributed by atoms with Crippen LogP contribution in [0, 0.1) is 5.92 Å². The molecule has 76 valence electrons. The van der Waals surface area contributed by atoms with Gasteiger partial charge in [0, 0.05) is 6.92 Å². The van der Waals surface area contributed by atoms with Gasteiger partial charge < -0.3 is 9.64 Å². The monoisotopic (exact) mass is 185 g/mol. The Labute approximate surface area is 80.1 Å². The third kappa shape index (κ3) is 3.77. The first-order chi connectivity index (χ1) is 6.22. The number of hydrogen-bond donors (Lipinski definition) is 0. The summed E-state index contributed by atoms with van der Waals surface area (Å²) in [5, 5.41) is 0. The highest BCUT2D eigenvalue weighted by atomic mass is 16.5. The summed E-state index contributed by atoms with van der Waals surface area (Å²) in [6, 6.07) is 0. The molecule has 1 heterocycles. The lowest BCUT2D eigenvalue weighted by Crippen LogP contribution is -2.35. The molecule has 0 bridgehead atoms. The Balaban J connectivity index is 2.14. The summed E-state index contributed by atoms with van der Waals surface area (Å²) >= 11 is 0. The van der Waals surface area contributed by atoms with Crippen molar-refractivity contribution in [3.8, 4) is 0 Å². The van der Waals surface area contributed by atoms with E-state index in [-0.39, 0.29) is 5.97 Å². The van der Waals surface area contributed by atoms with Crippen molar-refractivity contribution in [3.05, 3.63) is 0 Å². The van der Waals surface area contributed by atoms with Gasteiger partial charge in [0.1, 0.15) is 0 Å². The first-order valence-corrected chi connectivity index (χ1v) is 5.08. The van der Waals surface area contributed by atoms with E-state index in [0.717, 1.165) is 19.6 Å². The van der Waals surface area contributed by atoms with E-state index in [0.29, 0.717) is 12.5 Å². The minimum absolute atomic E-state index is 0.155. The average Bonchev–Trinajstić information content (AvgIpc) is 2.15. The summed E-state index contributed by atoms with van der Waals surface area (Å²) in [5.74, 6) is 0.435. The van der Waals surface area contributed by atoms with Crippen LogP contribution in [-0.2, 0) is 9.53 Å². The highest BCUT2D eigenvalue weighted by Gasteiger charge is 2.18. The summed E-state index contributed by atoms with van der Waals surface area (Å²) in [6.45, 7) is 7.73. The Morgan fingerprint density at radius 3 is 2.54 bits per heavy atom. The Kier molecular flexibility index (Phi) is 4.22. The van der Waals surface area contributed by atoms with Gasteiger partial charge in [0.05, 0.1) is 6.61 Å². The molecule has 3 nitrogen and oxygen atoms in total. The quantitative estimate of drug-likeness (QED) is 0.620. The molecule has 0 spiro atoms. The van der Waals surface area contributed by atoms with Crippen molar-refractivity contribution < 1.29 is 9.53 Å². The first-order valence-electron chi connectivity index (χ1n) is 5.08. The molecular weight excluding hydrogens is 166 g/mol. The predicted octanol–water partition coefficient (Wildman–Crippen LogP) is 1.28. The van der Waals surface area contributed by atoms with Gasteiger partial charge >= 0.3 is 5.97 Å². The molecule has 1 aliphatic rings. The van der Waals surface area contributed by atoms with Gasteiger partial charge in [-0.2, -0.15) is 0 Å². The van der Waals surface area contributed by atoms with Crippen molar-refractivity contribution in [2.24, 2.45) is 5.92 Å². The van der Waals surface area contributed by atoms with Crippen LogP contribution in [0.1, 0.15) is 26.7 Å². The largest absolute Gasteiger partial charge is 0.466 e. The third-order valence-electron chi connectivity index (χ3n) is 2.68. The smallest absolute Gasteiger partial charge is 0.302 e. The maximum absolute atomic E-state index is 10.6. The molecule has 1 fully saturated rings. The summed E-state index contributed by atoms with van der Waals surface area (Å²) in [4.78, 5) is 13.0. The molecule has 1 aliphatic heterocycles. The molecule has 0 unspecified atom stereocenters. The van der Waals surface area contributed by atoms with Crippen molar-refractivity contribution in [3.63, 3.8) is 0 Å². The summed E-state index contributed by atoms with van der Waals surface area (Å²) < 4.78 is 4.99. The fraction of sp³-hybridized carbons (Fsp3) is 0.900. The molecule has 1 rings (SSSR count). The topological polar surface area (TPSA) is 29.5 Å². The molecule has 0 aromatic rings. The van der Waals surface area contributed by atoms with Gasteiger partial charge in [-0.1, -0.05) is 6.92 Å². The number of piperidine rings is 1. The Hall–Kier alpha value is -0.570. The molecule has 0 N–H and O–H groups in total. The predicted molar refractivity (Wildman–Crippen MR) is 51.5 cm³/mol. The number of esters is 1. The molecule has 0 atom stereocenters. The zero-order valence-electron chi connectivity index (χ0n) is 8.58. The van der Waals surface area contributed by atoms with Crippen LogP contribution in [0.2, 0.25) is 0 Å². The van der Waals surface area contributed by atoms with Gasteiger partial charge in [-0.3, -0.25) is 4.79 Å². The minimum Gasteiger partial charge on any atom is -0.466 e. The summed E-state index contributed by atoms with van der Waals surface area (Å²) in [6.07, 6.45) is 2.34. The standard InChI is InChI=1S/C10H19NO2/c1-3-11-6-4-10(5-7-11)8-13-9(2)12/h10H,3-8H2,1-2H3. The first kappa shape index (κ1) is 10.5. The molecule has 0 radical (unpaired) electrons. The zero-order valence-corrected chi connectivity index (χ0v) is 8.58. The molecular formula is C10H19NO2. The van der Waals surface area contributed by atoms with E-state index >= 15 is 0 Å². The fourth-order valence-electron chi connectivity index (χ4n) is 1.70. The second-order valence-corrected chi connectivity index (χ2v) is 3.68. The van der Waals surface area contributed by atoms with Gasteiger partial charge in [0.2, 0.25) is 0 Å². The molecule has 13 heavy (non-hydrogen) atoms. The number of nitrogens with zero attached hydrogens (tertiary/aromatic N) is 1. The number of likely N-dealkylation sites (tertiary alicyclic amines) is 1. The van der Waals surface area contributed by atoms with Crippen LogP contribution in [-0.4, -0.2) is 37.1 Å². The molecule has 1 saturated heterocycles. The zero-order chi connectivity index (χ0) is 9.68. The normalized spacial score (nSPS) is 20.2. The Morgan fingerprint density at radius 1 is 1.46 bits per heavy atom. The fourth-order valence-corrected chi connectivity index (χ4v) is 1.70. The molecule has 0 amide bonds. The minimum atomic E-state index is -0.155. The van der Waals surface area contributed by atoms with Crippen molar-refractivity contribution in [2.75, 3.05) is 26.2 Å². The van der Waals surface area contributed by atoms with E-state index in [9.17, 15) is 4.79 Å². The number of hydrogen-bond acceptors (Lipinski definition) is 3. The Morgan fingerprint density at radius 2 is 2.08 bits per heavy atom. The van der Waals surface area contributed by atoms with E-state index in [1.807, 2.05) is 0 Å². The lowest BCUT2D eigenvalue weighted by molar-refractivity contribution is -0.142. The van der Waals surface area contributed by atoms with Crippen molar-refractivity contribution in [1.29, 1.82) is 0 Å².